The van der Waals surface area contributed by atoms with Gasteiger partial charge in [0, 0.05) is 36.8 Å². The Bertz CT molecular complexity index is 973. The van der Waals surface area contributed by atoms with Crippen molar-refractivity contribution in [2.45, 2.75) is 18.8 Å². The van der Waals surface area contributed by atoms with Crippen molar-refractivity contribution in [3.05, 3.63) is 90.1 Å². The van der Waals surface area contributed by atoms with Gasteiger partial charge in [-0.05, 0) is 17.2 Å². The monoisotopic (exact) mass is 371 g/mol. The van der Waals surface area contributed by atoms with Gasteiger partial charge in [0.2, 0.25) is 11.8 Å². The van der Waals surface area contributed by atoms with Crippen LogP contribution in [0.1, 0.15) is 23.5 Å². The molecule has 0 aliphatic carbocycles. The van der Waals surface area contributed by atoms with Crippen molar-refractivity contribution < 1.29 is 9.59 Å². The Kier molecular flexibility index (Phi) is 5.15. The second kappa shape index (κ2) is 8.05. The van der Waals surface area contributed by atoms with Crippen LogP contribution in [0, 0.1) is 0 Å². The van der Waals surface area contributed by atoms with Crippen LogP contribution in [0.4, 0.5) is 11.5 Å². The second-order valence-corrected chi connectivity index (χ2v) is 6.93. The summed E-state index contributed by atoms with van der Waals surface area (Å²) < 4.78 is 0. The Hall–Kier alpha value is -3.47. The van der Waals surface area contributed by atoms with Crippen LogP contribution in [0.3, 0.4) is 0 Å². The lowest BCUT2D eigenvalue weighted by atomic mass is 9.99. The van der Waals surface area contributed by atoms with Crippen molar-refractivity contribution in [3.8, 4) is 0 Å². The summed E-state index contributed by atoms with van der Waals surface area (Å²) in [5.41, 5.74) is 2.87. The summed E-state index contributed by atoms with van der Waals surface area (Å²) in [4.78, 5) is 30.8. The predicted octanol–water partition coefficient (Wildman–Crippen LogP) is 3.78. The van der Waals surface area contributed by atoms with Crippen molar-refractivity contribution in [1.29, 1.82) is 0 Å². The van der Waals surface area contributed by atoms with Gasteiger partial charge < -0.3 is 10.2 Å². The smallest absolute Gasteiger partial charge is 0.229 e. The van der Waals surface area contributed by atoms with Crippen LogP contribution >= 0.6 is 0 Å². The first-order valence-electron chi connectivity index (χ1n) is 9.34. The molecule has 0 saturated carbocycles. The molecule has 1 atom stereocenters. The first kappa shape index (κ1) is 17.9. The molecule has 0 bridgehead atoms. The van der Waals surface area contributed by atoms with Gasteiger partial charge in [-0.3, -0.25) is 9.59 Å². The van der Waals surface area contributed by atoms with Crippen molar-refractivity contribution in [2.75, 3.05) is 16.8 Å². The Morgan fingerprint density at radius 1 is 1.04 bits per heavy atom. The lowest BCUT2D eigenvalue weighted by molar-refractivity contribution is -0.117. The number of anilines is 2. The first-order valence-corrected chi connectivity index (χ1v) is 9.34. The lowest BCUT2D eigenvalue weighted by Crippen LogP contribution is -2.24. The van der Waals surface area contributed by atoms with Gasteiger partial charge in [-0.15, -0.1) is 0 Å². The minimum Gasteiger partial charge on any atom is -0.312 e. The molecule has 5 heteroatoms. The molecule has 1 aliphatic rings. The number of hydrogen-bond donors (Lipinski definition) is 1. The van der Waals surface area contributed by atoms with E-state index < -0.39 is 0 Å². The molecule has 1 fully saturated rings. The van der Waals surface area contributed by atoms with Gasteiger partial charge in [0.05, 0.1) is 6.42 Å². The van der Waals surface area contributed by atoms with E-state index in [0.29, 0.717) is 18.8 Å². The molecule has 5 nitrogen and oxygen atoms in total. The largest absolute Gasteiger partial charge is 0.312 e. The van der Waals surface area contributed by atoms with E-state index in [2.05, 4.69) is 22.4 Å². The van der Waals surface area contributed by atoms with Gasteiger partial charge in [0.15, 0.2) is 0 Å². The third kappa shape index (κ3) is 4.09. The normalized spacial score (nSPS) is 16.2. The summed E-state index contributed by atoms with van der Waals surface area (Å²) in [6.45, 7) is 0.629. The van der Waals surface area contributed by atoms with Crippen LogP contribution < -0.4 is 10.2 Å². The number of aromatic nitrogens is 1. The molecule has 2 amide bonds. The molecule has 1 N–H and O–H groups in total. The van der Waals surface area contributed by atoms with E-state index in [4.69, 9.17) is 0 Å². The van der Waals surface area contributed by atoms with Gasteiger partial charge >= 0.3 is 0 Å². The number of nitrogens with zero attached hydrogens (tertiary/aromatic N) is 2. The summed E-state index contributed by atoms with van der Waals surface area (Å²) in [6, 6.07) is 23.2. The number of carbonyl (C=O) groups excluding carboxylic acids is 2. The molecule has 1 saturated heterocycles. The molecule has 1 unspecified atom stereocenters. The SMILES string of the molecule is O=C(Cc1ccccc1)Nc1cc(N2CC(c3ccccc3)CC2=O)ccn1. The molecule has 140 valence electrons. The van der Waals surface area contributed by atoms with E-state index in [1.807, 2.05) is 48.5 Å². The summed E-state index contributed by atoms with van der Waals surface area (Å²) in [5, 5.41) is 2.82. The third-order valence-corrected chi connectivity index (χ3v) is 4.93. The van der Waals surface area contributed by atoms with E-state index in [-0.39, 0.29) is 24.2 Å². The predicted molar refractivity (Wildman–Crippen MR) is 109 cm³/mol. The average Bonchev–Trinajstić information content (AvgIpc) is 3.11. The molecule has 4 rings (SSSR count). The molecule has 0 radical (unpaired) electrons. The number of amides is 2. The number of carbonyl (C=O) groups is 2. The van der Waals surface area contributed by atoms with Crippen LogP contribution in [0.25, 0.3) is 0 Å². The first-order chi connectivity index (χ1) is 13.7. The van der Waals surface area contributed by atoms with Gasteiger partial charge in [0.25, 0.3) is 0 Å². The highest BCUT2D eigenvalue weighted by Gasteiger charge is 2.31. The zero-order chi connectivity index (χ0) is 19.3. The van der Waals surface area contributed by atoms with Crippen LogP contribution in [-0.4, -0.2) is 23.3 Å². The standard InChI is InChI=1S/C23H21N3O2/c27-22(13-17-7-3-1-4-8-17)25-21-15-20(11-12-24-21)26-16-19(14-23(26)28)18-9-5-2-6-10-18/h1-12,15,19H,13-14,16H2,(H,24,25,27). The van der Waals surface area contributed by atoms with E-state index in [9.17, 15) is 9.59 Å². The molecule has 0 spiro atoms. The van der Waals surface area contributed by atoms with Crippen molar-refractivity contribution in [3.63, 3.8) is 0 Å². The van der Waals surface area contributed by atoms with Crippen molar-refractivity contribution in [2.24, 2.45) is 0 Å². The summed E-state index contributed by atoms with van der Waals surface area (Å²) >= 11 is 0. The Morgan fingerprint density at radius 2 is 1.75 bits per heavy atom. The zero-order valence-electron chi connectivity index (χ0n) is 15.4. The topological polar surface area (TPSA) is 62.3 Å². The minimum absolute atomic E-state index is 0.0848. The maximum Gasteiger partial charge on any atom is 0.229 e. The van der Waals surface area contributed by atoms with Crippen molar-refractivity contribution in [1.82, 2.24) is 4.98 Å². The van der Waals surface area contributed by atoms with Crippen LogP contribution in [0.2, 0.25) is 0 Å². The van der Waals surface area contributed by atoms with Crippen LogP contribution in [-0.2, 0) is 16.0 Å². The van der Waals surface area contributed by atoms with E-state index in [1.165, 1.54) is 5.56 Å². The summed E-state index contributed by atoms with van der Waals surface area (Å²) in [6.07, 6.45) is 2.39. The Labute approximate surface area is 164 Å². The Morgan fingerprint density at radius 3 is 2.50 bits per heavy atom. The van der Waals surface area contributed by atoms with E-state index in [0.717, 1.165) is 11.3 Å². The van der Waals surface area contributed by atoms with Gasteiger partial charge in [-0.1, -0.05) is 60.7 Å². The second-order valence-electron chi connectivity index (χ2n) is 6.93. The zero-order valence-corrected chi connectivity index (χ0v) is 15.4. The fourth-order valence-electron chi connectivity index (χ4n) is 3.53. The fourth-order valence-corrected chi connectivity index (χ4v) is 3.53. The molecule has 3 aromatic rings. The number of hydrogen-bond acceptors (Lipinski definition) is 3. The average molecular weight is 371 g/mol. The molecule has 2 aromatic carbocycles. The van der Waals surface area contributed by atoms with E-state index in [1.54, 1.807) is 23.2 Å². The Balaban J connectivity index is 1.45. The molecule has 2 heterocycles. The third-order valence-electron chi connectivity index (χ3n) is 4.93. The van der Waals surface area contributed by atoms with Gasteiger partial charge in [0.1, 0.15) is 5.82 Å². The van der Waals surface area contributed by atoms with Crippen LogP contribution in [0.15, 0.2) is 79.0 Å². The molecular formula is C23H21N3O2. The molecular weight excluding hydrogens is 350 g/mol. The minimum atomic E-state index is -0.134. The van der Waals surface area contributed by atoms with Gasteiger partial charge in [-0.2, -0.15) is 0 Å². The lowest BCUT2D eigenvalue weighted by Gasteiger charge is -2.17. The molecule has 28 heavy (non-hydrogen) atoms. The highest BCUT2D eigenvalue weighted by atomic mass is 16.2. The number of benzene rings is 2. The number of rotatable bonds is 5. The maximum atomic E-state index is 12.6. The number of pyridine rings is 1. The summed E-state index contributed by atoms with van der Waals surface area (Å²) in [5.74, 6) is 0.583. The summed E-state index contributed by atoms with van der Waals surface area (Å²) in [7, 11) is 0. The molecule has 1 aromatic heterocycles. The highest BCUT2D eigenvalue weighted by molar-refractivity contribution is 5.97. The fraction of sp³-hybridized carbons (Fsp3) is 0.174. The van der Waals surface area contributed by atoms with Crippen molar-refractivity contribution >= 4 is 23.3 Å². The molecule has 1 aliphatic heterocycles. The van der Waals surface area contributed by atoms with Crippen LogP contribution in [0.5, 0.6) is 0 Å². The highest BCUT2D eigenvalue weighted by Crippen LogP contribution is 2.32. The number of nitrogens with one attached hydrogen (secondary N) is 1. The maximum absolute atomic E-state index is 12.6. The van der Waals surface area contributed by atoms with E-state index >= 15 is 0 Å². The quantitative estimate of drug-likeness (QED) is 0.742. The van der Waals surface area contributed by atoms with Gasteiger partial charge in [-0.25, -0.2) is 4.98 Å².